The van der Waals surface area contributed by atoms with E-state index in [1.807, 2.05) is 6.07 Å². The Hall–Kier alpha value is -4.33. The molecule has 1 aliphatic rings. The Morgan fingerprint density at radius 1 is 1.12 bits per heavy atom. The standard InChI is InChI=1S/C31H28F2N4O3S/c1-3-36(4-2)16-5-6-23-19-26-29(41-23)28(13-15-34-26)40-27-12-9-21(18-25(27)33)35-30(38)24-14-17-37(31(24)39)22-10-7-20(32)8-11-22/h7-13,15,18-19,24H,3-4,14,16-17H2,1-2H3,(H,35,38). The third-order valence-corrected chi connectivity index (χ3v) is 7.92. The molecule has 0 radical (unpaired) electrons. The zero-order chi connectivity index (χ0) is 28.9. The van der Waals surface area contributed by atoms with Crippen molar-refractivity contribution >= 4 is 44.7 Å². The first kappa shape index (κ1) is 28.2. The number of aromatic nitrogens is 1. The van der Waals surface area contributed by atoms with E-state index in [1.165, 1.54) is 52.6 Å². The molecule has 0 spiro atoms. The topological polar surface area (TPSA) is 74.8 Å². The third-order valence-electron chi connectivity index (χ3n) is 6.86. The molecule has 3 heterocycles. The number of hydrogen-bond acceptors (Lipinski definition) is 6. The van der Waals surface area contributed by atoms with E-state index >= 15 is 4.39 Å². The Kier molecular flexibility index (Phi) is 8.57. The van der Waals surface area contributed by atoms with Crippen molar-refractivity contribution in [1.29, 1.82) is 0 Å². The van der Waals surface area contributed by atoms with Crippen LogP contribution in [0.3, 0.4) is 0 Å². The summed E-state index contributed by atoms with van der Waals surface area (Å²) in [6, 6.07) is 13.2. The van der Waals surface area contributed by atoms with Gasteiger partial charge in [0.25, 0.3) is 0 Å². The van der Waals surface area contributed by atoms with Gasteiger partial charge >= 0.3 is 0 Å². The summed E-state index contributed by atoms with van der Waals surface area (Å²) in [6.07, 6.45) is 1.89. The zero-order valence-electron chi connectivity index (χ0n) is 22.6. The molecule has 1 N–H and O–H groups in total. The van der Waals surface area contributed by atoms with E-state index in [2.05, 4.69) is 40.9 Å². The number of carbonyl (C=O) groups excluding carboxylic acids is 2. The van der Waals surface area contributed by atoms with Gasteiger partial charge in [0.1, 0.15) is 17.5 Å². The predicted molar refractivity (Wildman–Crippen MR) is 156 cm³/mol. The number of amides is 2. The van der Waals surface area contributed by atoms with Gasteiger partial charge in [0.15, 0.2) is 11.6 Å². The van der Waals surface area contributed by atoms with Gasteiger partial charge in [-0.25, -0.2) is 8.78 Å². The number of ether oxygens (including phenoxy) is 1. The van der Waals surface area contributed by atoms with Gasteiger partial charge in [0.2, 0.25) is 11.8 Å². The average Bonchev–Trinajstić information content (AvgIpc) is 3.57. The number of benzene rings is 2. The number of nitrogens with zero attached hydrogens (tertiary/aromatic N) is 3. The summed E-state index contributed by atoms with van der Waals surface area (Å²) < 4.78 is 34.9. The van der Waals surface area contributed by atoms with Crippen LogP contribution in [0.25, 0.3) is 10.2 Å². The summed E-state index contributed by atoms with van der Waals surface area (Å²) in [7, 11) is 0. The lowest BCUT2D eigenvalue weighted by atomic mass is 10.1. The molecule has 1 fully saturated rings. The molecule has 2 aromatic heterocycles. The van der Waals surface area contributed by atoms with E-state index in [4.69, 9.17) is 4.74 Å². The smallest absolute Gasteiger partial charge is 0.239 e. The second-order valence-electron chi connectivity index (χ2n) is 9.44. The molecule has 2 amide bonds. The first-order valence-electron chi connectivity index (χ1n) is 13.3. The SMILES string of the molecule is CCN(CC)CC#Cc1cc2nccc(Oc3ccc(NC(=O)C4CCN(c5ccc(F)cc5)C4=O)cc3F)c2s1. The molecule has 1 atom stereocenters. The molecular formula is C31H28F2N4O3S. The van der Waals surface area contributed by atoms with Gasteiger partial charge in [0, 0.05) is 36.2 Å². The first-order valence-corrected chi connectivity index (χ1v) is 14.1. The molecule has 0 saturated carbocycles. The van der Waals surface area contributed by atoms with Crippen LogP contribution in [-0.4, -0.2) is 47.9 Å². The van der Waals surface area contributed by atoms with Gasteiger partial charge in [-0.1, -0.05) is 25.7 Å². The Bertz CT molecular complexity index is 1640. The fourth-order valence-electron chi connectivity index (χ4n) is 4.55. The largest absolute Gasteiger partial charge is 0.453 e. The van der Waals surface area contributed by atoms with E-state index in [-0.39, 0.29) is 17.3 Å². The number of pyridine rings is 1. The van der Waals surface area contributed by atoms with E-state index in [0.29, 0.717) is 36.5 Å². The summed E-state index contributed by atoms with van der Waals surface area (Å²) >= 11 is 1.43. The van der Waals surface area contributed by atoms with E-state index in [1.54, 1.807) is 12.3 Å². The molecule has 0 aliphatic carbocycles. The third kappa shape index (κ3) is 6.37. The van der Waals surface area contributed by atoms with Crippen LogP contribution in [0, 0.1) is 29.4 Å². The molecule has 10 heteroatoms. The molecule has 0 bridgehead atoms. The van der Waals surface area contributed by atoms with Gasteiger partial charge in [-0.05, 0) is 62.0 Å². The van der Waals surface area contributed by atoms with E-state index < -0.39 is 23.5 Å². The Morgan fingerprint density at radius 2 is 1.90 bits per heavy atom. The number of nitrogens with one attached hydrogen (secondary N) is 1. The van der Waals surface area contributed by atoms with Crippen molar-refractivity contribution in [2.45, 2.75) is 20.3 Å². The van der Waals surface area contributed by atoms with Gasteiger partial charge in [-0.3, -0.25) is 19.5 Å². The number of carbonyl (C=O) groups is 2. The van der Waals surface area contributed by atoms with E-state index in [0.717, 1.165) is 28.7 Å². The second kappa shape index (κ2) is 12.5. The summed E-state index contributed by atoms with van der Waals surface area (Å²) in [5.41, 5.74) is 1.43. The Morgan fingerprint density at radius 3 is 2.63 bits per heavy atom. The molecule has 210 valence electrons. The molecule has 7 nitrogen and oxygen atoms in total. The Balaban J connectivity index is 1.25. The molecule has 41 heavy (non-hydrogen) atoms. The number of thiophene rings is 1. The molecule has 1 aliphatic heterocycles. The zero-order valence-corrected chi connectivity index (χ0v) is 23.4. The van der Waals surface area contributed by atoms with Crippen LogP contribution in [0.1, 0.15) is 25.1 Å². The Labute approximate surface area is 240 Å². The minimum absolute atomic E-state index is 0.0162. The van der Waals surface area contributed by atoms with Crippen molar-refractivity contribution in [1.82, 2.24) is 9.88 Å². The quantitative estimate of drug-likeness (QED) is 0.205. The molecule has 1 saturated heterocycles. The molecule has 1 unspecified atom stereocenters. The summed E-state index contributed by atoms with van der Waals surface area (Å²) in [5.74, 6) is 3.88. The van der Waals surface area contributed by atoms with Gasteiger partial charge < -0.3 is 15.0 Å². The lowest BCUT2D eigenvalue weighted by molar-refractivity contribution is -0.129. The van der Waals surface area contributed by atoms with Crippen molar-refractivity contribution in [3.63, 3.8) is 0 Å². The van der Waals surface area contributed by atoms with Crippen molar-refractivity contribution in [2.75, 3.05) is 36.4 Å². The predicted octanol–water partition coefficient (Wildman–Crippen LogP) is 6.05. The summed E-state index contributed by atoms with van der Waals surface area (Å²) in [4.78, 5) is 34.6. The number of fused-ring (bicyclic) bond motifs is 1. The van der Waals surface area contributed by atoms with Crippen molar-refractivity contribution < 1.29 is 23.1 Å². The molecule has 4 aromatic rings. The fraction of sp³-hybridized carbons (Fsp3) is 0.258. The highest BCUT2D eigenvalue weighted by molar-refractivity contribution is 7.19. The van der Waals surface area contributed by atoms with Crippen LogP contribution in [-0.2, 0) is 9.59 Å². The average molecular weight is 575 g/mol. The molecule has 5 rings (SSSR count). The van der Waals surface area contributed by atoms with Crippen molar-refractivity contribution in [3.05, 3.63) is 77.3 Å². The maximum Gasteiger partial charge on any atom is 0.239 e. The van der Waals surface area contributed by atoms with Crippen LogP contribution in [0.5, 0.6) is 11.5 Å². The van der Waals surface area contributed by atoms with Crippen LogP contribution in [0.15, 0.2) is 60.8 Å². The van der Waals surface area contributed by atoms with Crippen LogP contribution in [0.4, 0.5) is 20.2 Å². The second-order valence-corrected chi connectivity index (χ2v) is 10.5. The van der Waals surface area contributed by atoms with Gasteiger partial charge in [0.05, 0.1) is 21.6 Å². The lowest BCUT2D eigenvalue weighted by Crippen LogP contribution is -2.33. The maximum absolute atomic E-state index is 15.0. The first-order chi connectivity index (χ1) is 19.9. The van der Waals surface area contributed by atoms with Gasteiger partial charge in [-0.2, -0.15) is 0 Å². The highest BCUT2D eigenvalue weighted by Crippen LogP contribution is 2.36. The minimum atomic E-state index is -0.924. The molecule has 2 aromatic carbocycles. The number of anilines is 2. The number of halogens is 2. The van der Waals surface area contributed by atoms with Crippen molar-refractivity contribution in [3.8, 4) is 23.3 Å². The normalized spacial score (nSPS) is 14.8. The number of hydrogen-bond donors (Lipinski definition) is 1. The van der Waals surface area contributed by atoms with E-state index in [9.17, 15) is 14.0 Å². The van der Waals surface area contributed by atoms with Crippen LogP contribution in [0.2, 0.25) is 0 Å². The summed E-state index contributed by atoms with van der Waals surface area (Å²) in [5, 5.41) is 2.63. The van der Waals surface area contributed by atoms with Crippen molar-refractivity contribution in [2.24, 2.45) is 5.92 Å². The monoisotopic (exact) mass is 574 g/mol. The van der Waals surface area contributed by atoms with Crippen LogP contribution >= 0.6 is 11.3 Å². The minimum Gasteiger partial charge on any atom is -0.453 e. The highest BCUT2D eigenvalue weighted by Gasteiger charge is 2.37. The van der Waals surface area contributed by atoms with Crippen LogP contribution < -0.4 is 15.0 Å². The summed E-state index contributed by atoms with van der Waals surface area (Å²) in [6.45, 7) is 7.06. The van der Waals surface area contributed by atoms with Gasteiger partial charge in [-0.15, -0.1) is 11.3 Å². The highest BCUT2D eigenvalue weighted by atomic mass is 32.1. The lowest BCUT2D eigenvalue weighted by Gasteiger charge is -2.17. The molecular weight excluding hydrogens is 546 g/mol. The fourth-order valence-corrected chi connectivity index (χ4v) is 5.49. The maximum atomic E-state index is 15.0. The number of rotatable bonds is 8.